The van der Waals surface area contributed by atoms with Crippen LogP contribution in [0, 0.1) is 6.92 Å². The average Bonchev–Trinajstić information content (AvgIpc) is 3.17. The first kappa shape index (κ1) is 18.4. The number of aromatic nitrogens is 2. The van der Waals surface area contributed by atoms with Crippen molar-refractivity contribution in [3.63, 3.8) is 0 Å². The Kier molecular flexibility index (Phi) is 4.84. The average molecular weight is 389 g/mol. The molecule has 0 bridgehead atoms. The summed E-state index contributed by atoms with van der Waals surface area (Å²) in [5, 5.41) is 5.61. The van der Waals surface area contributed by atoms with E-state index < -0.39 is 0 Å². The Morgan fingerprint density at radius 1 is 1.14 bits per heavy atom. The van der Waals surface area contributed by atoms with Crippen molar-refractivity contribution < 1.29 is 4.52 Å². The molecule has 0 saturated carbocycles. The molecule has 5 nitrogen and oxygen atoms in total. The van der Waals surface area contributed by atoms with Crippen LogP contribution in [-0.2, 0) is 6.42 Å². The van der Waals surface area contributed by atoms with Crippen molar-refractivity contribution in [1.29, 1.82) is 0 Å². The van der Waals surface area contributed by atoms with Crippen molar-refractivity contribution in [2.45, 2.75) is 32.1 Å². The zero-order valence-electron chi connectivity index (χ0n) is 17.1. The standard InChI is InChI=1S/C24H28N4O/c1-17-5-6-22-21(16-17)24(26-29-22)20-7-11-27(12-8-20)14-15-28-13-9-19-4-3-10-25-23(19)18(28)2/h3-6,10,16,20H,2,7-9,11-15H2,1H3. The van der Waals surface area contributed by atoms with E-state index in [9.17, 15) is 0 Å². The Labute approximate surface area is 172 Å². The molecule has 2 aliphatic rings. The lowest BCUT2D eigenvalue weighted by atomic mass is 9.91. The summed E-state index contributed by atoms with van der Waals surface area (Å²) in [4.78, 5) is 9.52. The number of nitrogens with zero attached hydrogens (tertiary/aromatic N) is 4. The second kappa shape index (κ2) is 7.64. The minimum absolute atomic E-state index is 0.496. The van der Waals surface area contributed by atoms with Crippen molar-refractivity contribution >= 4 is 16.7 Å². The maximum absolute atomic E-state index is 5.57. The zero-order chi connectivity index (χ0) is 19.8. The number of rotatable bonds is 4. The fourth-order valence-electron chi connectivity index (χ4n) is 4.74. The Balaban J connectivity index is 1.18. The number of aryl methyl sites for hydroxylation is 1. The predicted molar refractivity (Wildman–Crippen MR) is 116 cm³/mol. The molecule has 0 N–H and O–H groups in total. The Morgan fingerprint density at radius 2 is 2.00 bits per heavy atom. The zero-order valence-corrected chi connectivity index (χ0v) is 17.1. The normalized spacial score (nSPS) is 18.4. The number of hydrogen-bond acceptors (Lipinski definition) is 5. The van der Waals surface area contributed by atoms with Gasteiger partial charge in [-0.1, -0.05) is 29.4 Å². The quantitative estimate of drug-likeness (QED) is 0.669. The van der Waals surface area contributed by atoms with Crippen LogP contribution in [0.5, 0.6) is 0 Å². The fourth-order valence-corrected chi connectivity index (χ4v) is 4.74. The number of likely N-dealkylation sites (tertiary alicyclic amines) is 1. The highest BCUT2D eigenvalue weighted by atomic mass is 16.5. The molecular formula is C24H28N4O. The smallest absolute Gasteiger partial charge is 0.167 e. The van der Waals surface area contributed by atoms with Crippen LogP contribution >= 0.6 is 0 Å². The molecule has 3 aromatic rings. The Bertz CT molecular complexity index is 1030. The molecule has 0 radical (unpaired) electrons. The van der Waals surface area contributed by atoms with E-state index in [1.165, 1.54) is 16.5 Å². The molecule has 150 valence electrons. The van der Waals surface area contributed by atoms with Crippen molar-refractivity contribution in [3.8, 4) is 0 Å². The lowest BCUT2D eigenvalue weighted by molar-refractivity contribution is 0.191. The molecule has 5 heteroatoms. The summed E-state index contributed by atoms with van der Waals surface area (Å²) in [6.45, 7) is 11.8. The van der Waals surface area contributed by atoms with Gasteiger partial charge in [0.2, 0.25) is 0 Å². The highest BCUT2D eigenvalue weighted by Gasteiger charge is 2.26. The van der Waals surface area contributed by atoms with Gasteiger partial charge in [-0.05, 0) is 63.0 Å². The summed E-state index contributed by atoms with van der Waals surface area (Å²) >= 11 is 0. The largest absolute Gasteiger partial charge is 0.369 e. The molecule has 0 unspecified atom stereocenters. The van der Waals surface area contributed by atoms with Gasteiger partial charge in [0.15, 0.2) is 5.58 Å². The number of benzene rings is 1. The minimum atomic E-state index is 0.496. The summed E-state index contributed by atoms with van der Waals surface area (Å²) < 4.78 is 5.57. The summed E-state index contributed by atoms with van der Waals surface area (Å²) in [5.41, 5.74) is 6.79. The summed E-state index contributed by atoms with van der Waals surface area (Å²) in [6.07, 6.45) is 5.21. The number of fused-ring (bicyclic) bond motifs is 2. The molecule has 0 spiro atoms. The van der Waals surface area contributed by atoms with Gasteiger partial charge in [-0.3, -0.25) is 4.98 Å². The van der Waals surface area contributed by atoms with Crippen molar-refractivity contribution in [2.75, 3.05) is 32.7 Å². The van der Waals surface area contributed by atoms with Crippen LogP contribution in [0.25, 0.3) is 16.7 Å². The second-order valence-corrected chi connectivity index (χ2v) is 8.38. The van der Waals surface area contributed by atoms with Gasteiger partial charge in [0.25, 0.3) is 0 Å². The fraction of sp³-hybridized carbons (Fsp3) is 0.417. The predicted octanol–water partition coefficient (Wildman–Crippen LogP) is 4.24. The van der Waals surface area contributed by atoms with Crippen LogP contribution in [0.3, 0.4) is 0 Å². The highest BCUT2D eigenvalue weighted by Crippen LogP contribution is 2.33. The first-order chi connectivity index (χ1) is 14.2. The summed E-state index contributed by atoms with van der Waals surface area (Å²) in [7, 11) is 0. The minimum Gasteiger partial charge on any atom is -0.369 e. The molecule has 0 aliphatic carbocycles. The van der Waals surface area contributed by atoms with E-state index in [4.69, 9.17) is 4.52 Å². The lowest BCUT2D eigenvalue weighted by Gasteiger charge is -2.36. The first-order valence-electron chi connectivity index (χ1n) is 10.7. The number of pyridine rings is 1. The van der Waals surface area contributed by atoms with Gasteiger partial charge in [-0.25, -0.2) is 0 Å². The third-order valence-corrected chi connectivity index (χ3v) is 6.51. The van der Waals surface area contributed by atoms with Crippen molar-refractivity contribution in [3.05, 3.63) is 65.6 Å². The summed E-state index contributed by atoms with van der Waals surface area (Å²) in [5.74, 6) is 0.496. The van der Waals surface area contributed by atoms with E-state index in [0.29, 0.717) is 5.92 Å². The molecule has 0 atom stereocenters. The molecule has 1 saturated heterocycles. The highest BCUT2D eigenvalue weighted by molar-refractivity contribution is 5.80. The van der Waals surface area contributed by atoms with Gasteiger partial charge in [-0.2, -0.15) is 0 Å². The van der Waals surface area contributed by atoms with Crippen LogP contribution in [0.15, 0.2) is 47.6 Å². The molecule has 1 fully saturated rings. The van der Waals surface area contributed by atoms with Crippen LogP contribution in [0.4, 0.5) is 0 Å². The molecule has 2 aliphatic heterocycles. The Morgan fingerprint density at radius 3 is 2.86 bits per heavy atom. The SMILES string of the molecule is C=C1c2ncccc2CCN1CCN1CCC(c2noc3ccc(C)cc23)CC1. The maximum atomic E-state index is 5.57. The third kappa shape index (κ3) is 3.55. The van der Waals surface area contributed by atoms with Crippen LogP contribution in [-0.4, -0.2) is 52.7 Å². The molecule has 4 heterocycles. The van der Waals surface area contributed by atoms with Crippen molar-refractivity contribution in [2.24, 2.45) is 0 Å². The van der Waals surface area contributed by atoms with E-state index in [1.54, 1.807) is 0 Å². The molecule has 2 aromatic heterocycles. The number of hydrogen-bond donors (Lipinski definition) is 0. The second-order valence-electron chi connectivity index (χ2n) is 8.38. The first-order valence-corrected chi connectivity index (χ1v) is 10.7. The van der Waals surface area contributed by atoms with Gasteiger partial charge in [0, 0.05) is 37.1 Å². The summed E-state index contributed by atoms with van der Waals surface area (Å²) in [6, 6.07) is 10.5. The maximum Gasteiger partial charge on any atom is 0.167 e. The van der Waals surface area contributed by atoms with E-state index in [2.05, 4.69) is 51.6 Å². The third-order valence-electron chi connectivity index (χ3n) is 6.51. The van der Waals surface area contributed by atoms with Gasteiger partial charge >= 0.3 is 0 Å². The molecule has 29 heavy (non-hydrogen) atoms. The van der Waals surface area contributed by atoms with E-state index >= 15 is 0 Å². The van der Waals surface area contributed by atoms with Crippen LogP contribution in [0.1, 0.15) is 41.3 Å². The van der Waals surface area contributed by atoms with Gasteiger partial charge in [0.1, 0.15) is 0 Å². The van der Waals surface area contributed by atoms with E-state index in [1.807, 2.05) is 18.3 Å². The molecular weight excluding hydrogens is 360 g/mol. The van der Waals surface area contributed by atoms with E-state index in [-0.39, 0.29) is 0 Å². The molecule has 5 rings (SSSR count). The van der Waals surface area contributed by atoms with Crippen LogP contribution < -0.4 is 0 Å². The van der Waals surface area contributed by atoms with Gasteiger partial charge in [0.05, 0.1) is 17.1 Å². The van der Waals surface area contributed by atoms with Crippen LogP contribution in [0.2, 0.25) is 0 Å². The lowest BCUT2D eigenvalue weighted by Crippen LogP contribution is -2.40. The van der Waals surface area contributed by atoms with E-state index in [0.717, 1.165) is 74.7 Å². The van der Waals surface area contributed by atoms with Gasteiger partial charge < -0.3 is 14.3 Å². The monoisotopic (exact) mass is 388 g/mol. The Hall–Kier alpha value is -2.66. The molecule has 0 amide bonds. The van der Waals surface area contributed by atoms with Crippen molar-refractivity contribution in [1.82, 2.24) is 19.9 Å². The number of piperidine rings is 1. The molecule has 1 aromatic carbocycles. The topological polar surface area (TPSA) is 45.4 Å². The van der Waals surface area contributed by atoms with Gasteiger partial charge in [-0.15, -0.1) is 0 Å².